The summed E-state index contributed by atoms with van der Waals surface area (Å²) in [6, 6.07) is 19.8. The summed E-state index contributed by atoms with van der Waals surface area (Å²) in [5.74, 6) is -0.803. The maximum atomic E-state index is 13.7. The first-order valence-corrected chi connectivity index (χ1v) is 17.0. The Balaban J connectivity index is 1.52. The first-order valence-electron chi connectivity index (χ1n) is 14.2. The minimum Gasteiger partial charge on any atom is -0.348 e. The molecule has 0 spiro atoms. The number of amides is 3. The zero-order valence-electron chi connectivity index (χ0n) is 25.2. The number of pyridine rings is 1. The van der Waals surface area contributed by atoms with Crippen molar-refractivity contribution in [3.05, 3.63) is 112 Å². The number of thiophene rings is 1. The SMILES string of the molecule is C[C@H](NC[C@H](Cc1ccsc1)NC(=O)c1cc(C(=O)NCc2ccccc2)cc(N(C)S(C)(=O)=O)c1)C(=O)Nc1ccccn1. The van der Waals surface area contributed by atoms with Crippen LogP contribution in [0.15, 0.2) is 89.8 Å². The smallest absolute Gasteiger partial charge is 0.251 e. The fraction of sp³-hybridized carbons (Fsp3) is 0.250. The minimum absolute atomic E-state index is 0.115. The highest BCUT2D eigenvalue weighted by Crippen LogP contribution is 2.21. The van der Waals surface area contributed by atoms with Gasteiger partial charge in [-0.2, -0.15) is 11.3 Å². The predicted octanol–water partition coefficient (Wildman–Crippen LogP) is 3.43. The number of aromatic nitrogens is 1. The summed E-state index contributed by atoms with van der Waals surface area (Å²) < 4.78 is 25.7. The Bertz CT molecular complexity index is 1700. The van der Waals surface area contributed by atoms with Gasteiger partial charge in [-0.05, 0) is 71.6 Å². The van der Waals surface area contributed by atoms with E-state index >= 15 is 0 Å². The minimum atomic E-state index is -3.68. The highest BCUT2D eigenvalue weighted by Gasteiger charge is 2.22. The number of benzene rings is 2. The lowest BCUT2D eigenvalue weighted by molar-refractivity contribution is -0.117. The lowest BCUT2D eigenvalue weighted by Crippen LogP contribution is -2.48. The van der Waals surface area contributed by atoms with E-state index in [1.165, 1.54) is 36.6 Å². The predicted molar refractivity (Wildman–Crippen MR) is 177 cm³/mol. The highest BCUT2D eigenvalue weighted by molar-refractivity contribution is 7.92. The van der Waals surface area contributed by atoms with Crippen LogP contribution in [0.1, 0.15) is 38.8 Å². The van der Waals surface area contributed by atoms with Crippen molar-refractivity contribution in [1.82, 2.24) is 20.9 Å². The second-order valence-corrected chi connectivity index (χ2v) is 13.3. The molecule has 2 aromatic heterocycles. The standard InChI is InChI=1S/C32H36N6O5S2/c1-22(30(39)37-29-11-7-8-13-33-29)34-20-27(15-24-12-14-44-21-24)36-32(41)26-16-25(17-28(18-26)38(2)45(3,42)43)31(40)35-19-23-9-5-4-6-10-23/h4-14,16-18,21-22,27,34H,15,19-20H2,1-3H3,(H,35,40)(H,36,41)(H,33,37,39)/t22-,27-/m0/s1. The van der Waals surface area contributed by atoms with E-state index in [-0.39, 0.29) is 35.8 Å². The fourth-order valence-corrected chi connectivity index (χ4v) is 5.52. The number of nitrogens with zero attached hydrogens (tertiary/aromatic N) is 2. The Morgan fingerprint density at radius 1 is 0.933 bits per heavy atom. The molecule has 3 amide bonds. The van der Waals surface area contributed by atoms with Gasteiger partial charge in [0.1, 0.15) is 5.82 Å². The van der Waals surface area contributed by atoms with Crippen LogP contribution in [0.5, 0.6) is 0 Å². The second-order valence-electron chi connectivity index (χ2n) is 10.5. The third-order valence-corrected chi connectivity index (χ3v) is 8.91. The molecule has 4 N–H and O–H groups in total. The lowest BCUT2D eigenvalue weighted by Gasteiger charge is -2.23. The molecule has 0 saturated carbocycles. The zero-order valence-corrected chi connectivity index (χ0v) is 26.8. The van der Waals surface area contributed by atoms with Crippen molar-refractivity contribution in [2.45, 2.75) is 32.0 Å². The maximum absolute atomic E-state index is 13.7. The fourth-order valence-electron chi connectivity index (χ4n) is 4.35. The number of carbonyl (C=O) groups is 3. The van der Waals surface area contributed by atoms with Gasteiger partial charge < -0.3 is 21.3 Å². The van der Waals surface area contributed by atoms with Gasteiger partial charge in [0.2, 0.25) is 15.9 Å². The van der Waals surface area contributed by atoms with Crippen molar-refractivity contribution in [3.63, 3.8) is 0 Å². The number of hydrogen-bond donors (Lipinski definition) is 4. The summed E-state index contributed by atoms with van der Waals surface area (Å²) in [7, 11) is -2.32. The van der Waals surface area contributed by atoms with E-state index in [9.17, 15) is 22.8 Å². The molecule has 0 bridgehead atoms. The van der Waals surface area contributed by atoms with E-state index in [4.69, 9.17) is 0 Å². The van der Waals surface area contributed by atoms with Gasteiger partial charge in [-0.1, -0.05) is 36.4 Å². The summed E-state index contributed by atoms with van der Waals surface area (Å²) in [6.07, 6.45) is 3.11. The molecule has 2 aromatic carbocycles. The van der Waals surface area contributed by atoms with Crippen LogP contribution in [0.4, 0.5) is 11.5 Å². The molecule has 13 heteroatoms. The number of rotatable bonds is 14. The number of anilines is 2. The summed E-state index contributed by atoms with van der Waals surface area (Å²) in [4.78, 5) is 43.7. The quantitative estimate of drug-likeness (QED) is 0.164. The molecule has 0 fully saturated rings. The Morgan fingerprint density at radius 3 is 2.29 bits per heavy atom. The molecule has 11 nitrogen and oxygen atoms in total. The van der Waals surface area contributed by atoms with Crippen molar-refractivity contribution in [1.29, 1.82) is 0 Å². The second kappa shape index (κ2) is 15.4. The molecule has 0 aliphatic heterocycles. The van der Waals surface area contributed by atoms with Gasteiger partial charge in [0.25, 0.3) is 11.8 Å². The first kappa shape index (κ1) is 33.3. The third-order valence-electron chi connectivity index (χ3n) is 6.98. The molecular weight excluding hydrogens is 613 g/mol. The molecule has 2 atom stereocenters. The molecule has 0 aliphatic rings. The topological polar surface area (TPSA) is 150 Å². The molecule has 4 aromatic rings. The van der Waals surface area contributed by atoms with Gasteiger partial charge in [0.15, 0.2) is 0 Å². The lowest BCUT2D eigenvalue weighted by atomic mass is 10.0. The summed E-state index contributed by atoms with van der Waals surface area (Å²) in [5, 5.41) is 15.7. The summed E-state index contributed by atoms with van der Waals surface area (Å²) in [6.45, 7) is 2.23. The maximum Gasteiger partial charge on any atom is 0.251 e. The van der Waals surface area contributed by atoms with Crippen LogP contribution in [0.2, 0.25) is 0 Å². The molecular formula is C32H36N6O5S2. The van der Waals surface area contributed by atoms with E-state index in [2.05, 4.69) is 26.3 Å². The van der Waals surface area contributed by atoms with Crippen LogP contribution in [0.3, 0.4) is 0 Å². The van der Waals surface area contributed by atoms with E-state index < -0.39 is 33.9 Å². The van der Waals surface area contributed by atoms with Gasteiger partial charge in [-0.25, -0.2) is 13.4 Å². The van der Waals surface area contributed by atoms with Crippen LogP contribution in [0.25, 0.3) is 0 Å². The Hall–Kier alpha value is -4.59. The molecule has 236 valence electrons. The van der Waals surface area contributed by atoms with Gasteiger partial charge >= 0.3 is 0 Å². The normalized spacial score (nSPS) is 12.5. The number of sulfonamides is 1. The molecule has 2 heterocycles. The average Bonchev–Trinajstić information content (AvgIpc) is 3.55. The van der Waals surface area contributed by atoms with Crippen molar-refractivity contribution >= 4 is 50.6 Å². The van der Waals surface area contributed by atoms with Crippen LogP contribution in [-0.2, 0) is 27.8 Å². The molecule has 4 rings (SSSR count). The Labute approximate surface area is 267 Å². The van der Waals surface area contributed by atoms with Crippen molar-refractivity contribution in [2.75, 3.05) is 29.5 Å². The molecule has 0 radical (unpaired) electrons. The molecule has 0 saturated heterocycles. The first-order chi connectivity index (χ1) is 21.5. The van der Waals surface area contributed by atoms with Crippen LogP contribution in [-0.4, -0.2) is 63.1 Å². The monoisotopic (exact) mass is 648 g/mol. The van der Waals surface area contributed by atoms with Crippen molar-refractivity contribution in [3.8, 4) is 0 Å². The van der Waals surface area contributed by atoms with E-state index in [0.29, 0.717) is 12.2 Å². The largest absolute Gasteiger partial charge is 0.348 e. The van der Waals surface area contributed by atoms with Crippen LogP contribution in [0, 0.1) is 0 Å². The van der Waals surface area contributed by atoms with Crippen LogP contribution < -0.4 is 25.6 Å². The van der Waals surface area contributed by atoms with Crippen molar-refractivity contribution in [2.24, 2.45) is 0 Å². The number of nitrogens with one attached hydrogen (secondary N) is 4. The van der Waals surface area contributed by atoms with E-state index in [0.717, 1.165) is 21.7 Å². The Kier molecular flexibility index (Phi) is 11.4. The highest BCUT2D eigenvalue weighted by atomic mass is 32.2. The van der Waals surface area contributed by atoms with Crippen molar-refractivity contribution < 1.29 is 22.8 Å². The Morgan fingerprint density at radius 2 is 1.64 bits per heavy atom. The molecule has 45 heavy (non-hydrogen) atoms. The van der Waals surface area contributed by atoms with E-state index in [1.807, 2.05) is 47.2 Å². The summed E-state index contributed by atoms with van der Waals surface area (Å²) in [5.41, 5.74) is 2.31. The van der Waals surface area contributed by atoms with Crippen LogP contribution >= 0.6 is 11.3 Å². The third kappa shape index (κ3) is 9.96. The number of hydrogen-bond acceptors (Lipinski definition) is 8. The zero-order chi connectivity index (χ0) is 32.4. The van der Waals surface area contributed by atoms with Gasteiger partial charge in [-0.3, -0.25) is 18.7 Å². The molecule has 0 aliphatic carbocycles. The summed E-state index contributed by atoms with van der Waals surface area (Å²) >= 11 is 1.53. The number of carbonyl (C=O) groups excluding carboxylic acids is 3. The van der Waals surface area contributed by atoms with Gasteiger partial charge in [-0.15, -0.1) is 0 Å². The van der Waals surface area contributed by atoms with Gasteiger partial charge in [0, 0.05) is 43.5 Å². The molecule has 0 unspecified atom stereocenters. The van der Waals surface area contributed by atoms with E-state index in [1.54, 1.807) is 31.3 Å². The average molecular weight is 649 g/mol. The van der Waals surface area contributed by atoms with Gasteiger partial charge in [0.05, 0.1) is 18.0 Å².